The van der Waals surface area contributed by atoms with E-state index in [1.807, 2.05) is 35.0 Å². The summed E-state index contributed by atoms with van der Waals surface area (Å²) >= 11 is 0. The second-order valence-electron chi connectivity index (χ2n) is 4.33. The van der Waals surface area contributed by atoms with E-state index in [-0.39, 0.29) is 0 Å². The number of hydrogen-bond acceptors (Lipinski definition) is 4. The first-order chi connectivity index (χ1) is 8.43. The zero-order chi connectivity index (χ0) is 11.5. The molecule has 88 valence electrons. The summed E-state index contributed by atoms with van der Waals surface area (Å²) in [6.07, 6.45) is 2.57. The largest absolute Gasteiger partial charge is 0.296 e. The van der Waals surface area contributed by atoms with Gasteiger partial charge in [0.2, 0.25) is 0 Å². The van der Waals surface area contributed by atoms with Gasteiger partial charge in [0.1, 0.15) is 0 Å². The Balaban J connectivity index is 1.84. The van der Waals surface area contributed by atoms with Gasteiger partial charge in [-0.25, -0.2) is 0 Å². The van der Waals surface area contributed by atoms with Crippen LogP contribution in [0.2, 0.25) is 0 Å². The number of tetrazole rings is 1. The maximum atomic E-state index is 4.12. The summed E-state index contributed by atoms with van der Waals surface area (Å²) in [4.78, 5) is 2.39. The molecule has 17 heavy (non-hydrogen) atoms. The van der Waals surface area contributed by atoms with E-state index in [4.69, 9.17) is 0 Å². The first-order valence-electron chi connectivity index (χ1n) is 5.98. The monoisotopic (exact) mass is 229 g/mol. The molecule has 1 aromatic carbocycles. The van der Waals surface area contributed by atoms with E-state index in [1.165, 1.54) is 12.8 Å². The highest BCUT2D eigenvalue weighted by Crippen LogP contribution is 2.13. The lowest BCUT2D eigenvalue weighted by molar-refractivity contribution is 0.319. The molecule has 1 aliphatic heterocycles. The zero-order valence-electron chi connectivity index (χ0n) is 9.66. The topological polar surface area (TPSA) is 46.8 Å². The molecule has 2 heterocycles. The number of likely N-dealkylation sites (tertiary alicyclic amines) is 1. The summed E-state index contributed by atoms with van der Waals surface area (Å²) < 4.78 is 1.82. The Morgan fingerprint density at radius 3 is 2.59 bits per heavy atom. The second kappa shape index (κ2) is 4.63. The highest BCUT2D eigenvalue weighted by Gasteiger charge is 2.16. The third kappa shape index (κ3) is 2.19. The zero-order valence-corrected chi connectivity index (χ0v) is 9.66. The Labute approximate surface area is 100 Å². The van der Waals surface area contributed by atoms with Crippen LogP contribution in [0.1, 0.15) is 18.7 Å². The summed E-state index contributed by atoms with van der Waals surface area (Å²) in [5.41, 5.74) is 1.02. The van der Waals surface area contributed by atoms with Gasteiger partial charge in [-0.1, -0.05) is 18.2 Å². The van der Waals surface area contributed by atoms with Crippen molar-refractivity contribution in [1.29, 1.82) is 0 Å². The molecule has 1 aromatic heterocycles. The summed E-state index contributed by atoms with van der Waals surface area (Å²) in [6.45, 7) is 3.14. The molecule has 0 aliphatic carbocycles. The maximum absolute atomic E-state index is 4.12. The predicted octanol–water partition coefficient (Wildman–Crippen LogP) is 1.26. The summed E-state index contributed by atoms with van der Waals surface area (Å²) in [5, 5.41) is 12.0. The lowest BCUT2D eigenvalue weighted by Crippen LogP contribution is -2.21. The summed E-state index contributed by atoms with van der Waals surface area (Å²) in [7, 11) is 0. The van der Waals surface area contributed by atoms with Gasteiger partial charge in [-0.05, 0) is 48.5 Å². The van der Waals surface area contributed by atoms with Gasteiger partial charge in [0.25, 0.3) is 0 Å². The third-order valence-corrected chi connectivity index (χ3v) is 3.10. The molecular formula is C12H15N5. The summed E-state index contributed by atoms with van der Waals surface area (Å²) in [6, 6.07) is 10.0. The SMILES string of the molecule is c1ccc(-n2nnnc2CN2CCCC2)cc1. The average Bonchev–Trinajstić information content (AvgIpc) is 3.02. The fourth-order valence-electron chi connectivity index (χ4n) is 2.21. The quantitative estimate of drug-likeness (QED) is 0.795. The van der Waals surface area contributed by atoms with Gasteiger partial charge in [0, 0.05) is 0 Å². The molecule has 0 radical (unpaired) electrons. The molecule has 0 unspecified atom stereocenters. The van der Waals surface area contributed by atoms with Gasteiger partial charge in [-0.3, -0.25) is 4.90 Å². The average molecular weight is 229 g/mol. The minimum absolute atomic E-state index is 0.835. The van der Waals surface area contributed by atoms with Crippen LogP contribution < -0.4 is 0 Å². The van der Waals surface area contributed by atoms with E-state index in [9.17, 15) is 0 Å². The normalized spacial score (nSPS) is 16.5. The molecule has 0 bridgehead atoms. The lowest BCUT2D eigenvalue weighted by Gasteiger charge is -2.13. The molecule has 0 spiro atoms. The van der Waals surface area contributed by atoms with Gasteiger partial charge in [0.05, 0.1) is 12.2 Å². The van der Waals surface area contributed by atoms with Crippen LogP contribution in [0, 0.1) is 0 Å². The Morgan fingerprint density at radius 2 is 1.82 bits per heavy atom. The van der Waals surface area contributed by atoms with Crippen LogP contribution in [0.5, 0.6) is 0 Å². The Morgan fingerprint density at radius 1 is 1.06 bits per heavy atom. The van der Waals surface area contributed by atoms with Gasteiger partial charge in [-0.15, -0.1) is 5.10 Å². The van der Waals surface area contributed by atoms with Crippen LogP contribution in [0.4, 0.5) is 0 Å². The van der Waals surface area contributed by atoms with Crippen molar-refractivity contribution in [3.05, 3.63) is 36.2 Å². The highest BCUT2D eigenvalue weighted by atomic mass is 15.5. The van der Waals surface area contributed by atoms with Gasteiger partial charge in [-0.2, -0.15) is 4.68 Å². The fraction of sp³-hybridized carbons (Fsp3) is 0.417. The van der Waals surface area contributed by atoms with E-state index in [0.717, 1.165) is 31.1 Å². The van der Waals surface area contributed by atoms with Crippen molar-refractivity contribution >= 4 is 0 Å². The lowest BCUT2D eigenvalue weighted by atomic mass is 10.3. The summed E-state index contributed by atoms with van der Waals surface area (Å²) in [5.74, 6) is 0.915. The Kier molecular flexibility index (Phi) is 2.83. The molecule has 5 heteroatoms. The first-order valence-corrected chi connectivity index (χ1v) is 5.98. The minimum atomic E-state index is 0.835. The number of rotatable bonds is 3. The molecule has 0 atom stereocenters. The Bertz CT molecular complexity index is 473. The minimum Gasteiger partial charge on any atom is -0.296 e. The maximum Gasteiger partial charge on any atom is 0.170 e. The molecule has 1 saturated heterocycles. The van der Waals surface area contributed by atoms with Crippen molar-refractivity contribution < 1.29 is 0 Å². The van der Waals surface area contributed by atoms with Crippen molar-refractivity contribution in [3.63, 3.8) is 0 Å². The molecule has 5 nitrogen and oxygen atoms in total. The second-order valence-corrected chi connectivity index (χ2v) is 4.33. The number of benzene rings is 1. The molecule has 3 rings (SSSR count). The van der Waals surface area contributed by atoms with Gasteiger partial charge < -0.3 is 0 Å². The fourth-order valence-corrected chi connectivity index (χ4v) is 2.21. The predicted molar refractivity (Wildman–Crippen MR) is 63.7 cm³/mol. The van der Waals surface area contributed by atoms with Crippen LogP contribution in [-0.4, -0.2) is 38.2 Å². The molecule has 1 fully saturated rings. The molecular weight excluding hydrogens is 214 g/mol. The van der Waals surface area contributed by atoms with Crippen LogP contribution >= 0.6 is 0 Å². The Hall–Kier alpha value is -1.75. The standard InChI is InChI=1S/C12H15N5/c1-2-6-11(7-3-1)17-12(13-14-15-17)10-16-8-4-5-9-16/h1-3,6-7H,4-5,8-10H2. The highest BCUT2D eigenvalue weighted by molar-refractivity contribution is 5.30. The first kappa shape index (κ1) is 10.4. The number of nitrogens with zero attached hydrogens (tertiary/aromatic N) is 5. The van der Waals surface area contributed by atoms with Crippen LogP contribution in [-0.2, 0) is 6.54 Å². The van der Waals surface area contributed by atoms with Crippen LogP contribution in [0.25, 0.3) is 5.69 Å². The van der Waals surface area contributed by atoms with Gasteiger partial charge in [0.15, 0.2) is 5.82 Å². The molecule has 2 aromatic rings. The molecule has 0 amide bonds. The van der Waals surface area contributed by atoms with E-state index >= 15 is 0 Å². The van der Waals surface area contributed by atoms with E-state index in [1.54, 1.807) is 0 Å². The van der Waals surface area contributed by atoms with E-state index < -0.39 is 0 Å². The third-order valence-electron chi connectivity index (χ3n) is 3.10. The van der Waals surface area contributed by atoms with E-state index in [2.05, 4.69) is 20.4 Å². The van der Waals surface area contributed by atoms with Crippen LogP contribution in [0.3, 0.4) is 0 Å². The van der Waals surface area contributed by atoms with Crippen molar-refractivity contribution in [2.75, 3.05) is 13.1 Å². The van der Waals surface area contributed by atoms with Crippen LogP contribution in [0.15, 0.2) is 30.3 Å². The van der Waals surface area contributed by atoms with Crippen molar-refractivity contribution in [2.24, 2.45) is 0 Å². The van der Waals surface area contributed by atoms with Crippen molar-refractivity contribution in [1.82, 2.24) is 25.1 Å². The van der Waals surface area contributed by atoms with E-state index in [0.29, 0.717) is 0 Å². The number of aromatic nitrogens is 4. The van der Waals surface area contributed by atoms with Gasteiger partial charge >= 0.3 is 0 Å². The molecule has 0 N–H and O–H groups in total. The van der Waals surface area contributed by atoms with Crippen molar-refractivity contribution in [2.45, 2.75) is 19.4 Å². The molecule has 1 aliphatic rings. The number of hydrogen-bond donors (Lipinski definition) is 0. The molecule has 0 saturated carbocycles. The smallest absolute Gasteiger partial charge is 0.170 e. The number of para-hydroxylation sites is 1. The van der Waals surface area contributed by atoms with Crippen molar-refractivity contribution in [3.8, 4) is 5.69 Å².